The van der Waals surface area contributed by atoms with Gasteiger partial charge in [0.1, 0.15) is 0 Å². The molecule has 3 nitrogen and oxygen atoms in total. The van der Waals surface area contributed by atoms with Gasteiger partial charge >= 0.3 is 0 Å². The van der Waals surface area contributed by atoms with Crippen LogP contribution in [0.15, 0.2) is 71.2 Å². The summed E-state index contributed by atoms with van der Waals surface area (Å²) in [5, 5.41) is 5.32. The van der Waals surface area contributed by atoms with Gasteiger partial charge < -0.3 is 9.88 Å². The van der Waals surface area contributed by atoms with Crippen molar-refractivity contribution in [3.63, 3.8) is 0 Å². The fourth-order valence-corrected chi connectivity index (χ4v) is 4.66. The molecule has 0 bridgehead atoms. The summed E-state index contributed by atoms with van der Waals surface area (Å²) >= 11 is 3.66. The summed E-state index contributed by atoms with van der Waals surface area (Å²) in [5.74, 6) is -0.0508. The molecule has 5 rings (SSSR count). The lowest BCUT2D eigenvalue weighted by molar-refractivity contribution is -0.110. The minimum atomic E-state index is -0.0508. The van der Waals surface area contributed by atoms with E-state index in [1.165, 1.54) is 10.8 Å². The van der Waals surface area contributed by atoms with Crippen molar-refractivity contribution in [3.05, 3.63) is 93.7 Å². The Morgan fingerprint density at radius 1 is 0.931 bits per heavy atom. The first kappa shape index (κ1) is 18.0. The average molecular weight is 443 g/mol. The molecule has 1 amide bonds. The van der Waals surface area contributed by atoms with Gasteiger partial charge in [-0.2, -0.15) is 0 Å². The monoisotopic (exact) mass is 442 g/mol. The Balaban J connectivity index is 1.69. The number of benzene rings is 3. The molecule has 0 saturated heterocycles. The zero-order valence-corrected chi connectivity index (χ0v) is 17.7. The second kappa shape index (κ2) is 6.75. The van der Waals surface area contributed by atoms with Crippen LogP contribution in [0.1, 0.15) is 22.5 Å². The van der Waals surface area contributed by atoms with Gasteiger partial charge in [0, 0.05) is 38.1 Å². The second-order valence-electron chi connectivity index (χ2n) is 7.33. The molecule has 1 aliphatic heterocycles. The molecule has 3 aromatic carbocycles. The first-order chi connectivity index (χ1) is 14.0. The van der Waals surface area contributed by atoms with Crippen LogP contribution in [0.4, 0.5) is 5.69 Å². The molecule has 0 radical (unpaired) electrons. The van der Waals surface area contributed by atoms with Crippen LogP contribution in [0.5, 0.6) is 0 Å². The fourth-order valence-electron chi connectivity index (χ4n) is 4.18. The Labute approximate surface area is 177 Å². The number of halogens is 1. The predicted octanol–water partition coefficient (Wildman–Crippen LogP) is 6.50. The number of rotatable bonds is 2. The standard InChI is InChI=1S/C25H19BrN2O/c1-15-13-17(14-21-19-8-5-6-10-23(19)27-25(21)29)16(2)28(15)24-12-11-22(26)18-7-3-4-9-20(18)24/h3-14H,1-2H3,(H,27,29)/b21-14+. The summed E-state index contributed by atoms with van der Waals surface area (Å²) in [6, 6.07) is 22.6. The second-order valence-corrected chi connectivity index (χ2v) is 8.19. The van der Waals surface area contributed by atoms with Gasteiger partial charge in [-0.15, -0.1) is 0 Å². The maximum atomic E-state index is 12.5. The summed E-state index contributed by atoms with van der Waals surface area (Å²) in [6.45, 7) is 4.21. The highest BCUT2D eigenvalue weighted by atomic mass is 79.9. The number of para-hydroxylation sites is 1. The number of amides is 1. The number of nitrogens with one attached hydrogen (secondary N) is 1. The SMILES string of the molecule is Cc1cc(/C=C2/C(=O)Nc3ccccc32)c(C)n1-c1ccc(Br)c2ccccc12. The zero-order valence-electron chi connectivity index (χ0n) is 16.2. The van der Waals surface area contributed by atoms with Crippen LogP contribution in [-0.2, 0) is 4.79 Å². The molecular weight excluding hydrogens is 424 g/mol. The smallest absolute Gasteiger partial charge is 0.256 e. The molecule has 0 aliphatic carbocycles. The molecule has 0 saturated carbocycles. The molecule has 2 heterocycles. The summed E-state index contributed by atoms with van der Waals surface area (Å²) in [5.41, 5.74) is 6.97. The maximum Gasteiger partial charge on any atom is 0.256 e. The predicted molar refractivity (Wildman–Crippen MR) is 123 cm³/mol. The van der Waals surface area contributed by atoms with E-state index in [1.807, 2.05) is 30.3 Å². The third-order valence-corrected chi connectivity index (χ3v) is 6.26. The molecular formula is C25H19BrN2O. The van der Waals surface area contributed by atoms with E-state index in [2.05, 4.69) is 82.1 Å². The minimum absolute atomic E-state index is 0.0508. The van der Waals surface area contributed by atoms with Crippen molar-refractivity contribution in [1.29, 1.82) is 0 Å². The van der Waals surface area contributed by atoms with Crippen molar-refractivity contribution in [2.75, 3.05) is 5.32 Å². The molecule has 0 unspecified atom stereocenters. The van der Waals surface area contributed by atoms with Crippen LogP contribution in [0, 0.1) is 13.8 Å². The van der Waals surface area contributed by atoms with E-state index in [1.54, 1.807) is 0 Å². The van der Waals surface area contributed by atoms with Crippen molar-refractivity contribution in [2.45, 2.75) is 13.8 Å². The Hall–Kier alpha value is -3.11. The number of carbonyl (C=O) groups excluding carboxylic acids is 1. The van der Waals surface area contributed by atoms with E-state index >= 15 is 0 Å². The molecule has 1 aliphatic rings. The Morgan fingerprint density at radius 2 is 1.66 bits per heavy atom. The number of hydrogen-bond donors (Lipinski definition) is 1. The van der Waals surface area contributed by atoms with Gasteiger partial charge in [-0.05, 0) is 55.1 Å². The number of nitrogens with zero attached hydrogens (tertiary/aromatic N) is 1. The van der Waals surface area contributed by atoms with Gasteiger partial charge in [-0.3, -0.25) is 4.79 Å². The van der Waals surface area contributed by atoms with Gasteiger partial charge in [0.25, 0.3) is 5.91 Å². The summed E-state index contributed by atoms with van der Waals surface area (Å²) in [4.78, 5) is 12.5. The largest absolute Gasteiger partial charge is 0.321 e. The lowest BCUT2D eigenvalue weighted by Crippen LogP contribution is -2.03. The molecule has 29 heavy (non-hydrogen) atoms. The maximum absolute atomic E-state index is 12.5. The normalized spacial score (nSPS) is 14.4. The summed E-state index contributed by atoms with van der Waals surface area (Å²) < 4.78 is 3.35. The molecule has 0 spiro atoms. The van der Waals surface area contributed by atoms with Gasteiger partial charge in [-0.1, -0.05) is 58.4 Å². The van der Waals surface area contributed by atoms with Crippen LogP contribution >= 0.6 is 15.9 Å². The zero-order chi connectivity index (χ0) is 20.1. The number of anilines is 1. The first-order valence-corrected chi connectivity index (χ1v) is 10.3. The Bertz CT molecular complexity index is 1330. The van der Waals surface area contributed by atoms with Crippen LogP contribution in [-0.4, -0.2) is 10.5 Å². The topological polar surface area (TPSA) is 34.0 Å². The van der Waals surface area contributed by atoms with Crippen molar-refractivity contribution in [1.82, 2.24) is 4.57 Å². The summed E-state index contributed by atoms with van der Waals surface area (Å²) in [7, 11) is 0. The number of carbonyl (C=O) groups is 1. The fraction of sp³-hybridized carbons (Fsp3) is 0.0800. The van der Waals surface area contributed by atoms with Crippen LogP contribution in [0.25, 0.3) is 28.1 Å². The van der Waals surface area contributed by atoms with Gasteiger partial charge in [0.05, 0.1) is 5.69 Å². The summed E-state index contributed by atoms with van der Waals surface area (Å²) in [6.07, 6.45) is 2.00. The van der Waals surface area contributed by atoms with E-state index in [0.29, 0.717) is 5.57 Å². The number of aryl methyl sites for hydroxylation is 1. The van der Waals surface area contributed by atoms with E-state index in [9.17, 15) is 4.79 Å². The molecule has 4 aromatic rings. The highest BCUT2D eigenvalue weighted by molar-refractivity contribution is 9.10. The van der Waals surface area contributed by atoms with Crippen molar-refractivity contribution in [3.8, 4) is 5.69 Å². The minimum Gasteiger partial charge on any atom is -0.321 e. The molecule has 142 valence electrons. The van der Waals surface area contributed by atoms with Crippen molar-refractivity contribution in [2.24, 2.45) is 0 Å². The average Bonchev–Trinajstić information content (AvgIpc) is 3.19. The third-order valence-electron chi connectivity index (χ3n) is 5.57. The first-order valence-electron chi connectivity index (χ1n) is 9.53. The number of hydrogen-bond acceptors (Lipinski definition) is 1. The lowest BCUT2D eigenvalue weighted by Gasteiger charge is -2.14. The van der Waals surface area contributed by atoms with Crippen LogP contribution in [0.2, 0.25) is 0 Å². The number of fused-ring (bicyclic) bond motifs is 2. The molecule has 0 fully saturated rings. The highest BCUT2D eigenvalue weighted by Crippen LogP contribution is 2.35. The highest BCUT2D eigenvalue weighted by Gasteiger charge is 2.24. The molecule has 1 aromatic heterocycles. The Kier molecular flexibility index (Phi) is 4.18. The van der Waals surface area contributed by atoms with Crippen molar-refractivity contribution < 1.29 is 4.79 Å². The lowest BCUT2D eigenvalue weighted by atomic mass is 10.0. The Morgan fingerprint density at radius 3 is 2.48 bits per heavy atom. The van der Waals surface area contributed by atoms with Crippen LogP contribution in [0.3, 0.4) is 0 Å². The van der Waals surface area contributed by atoms with Gasteiger partial charge in [0.15, 0.2) is 0 Å². The van der Waals surface area contributed by atoms with E-state index < -0.39 is 0 Å². The van der Waals surface area contributed by atoms with Gasteiger partial charge in [-0.25, -0.2) is 0 Å². The quantitative estimate of drug-likeness (QED) is 0.353. The molecule has 4 heteroatoms. The molecule has 1 N–H and O–H groups in total. The van der Waals surface area contributed by atoms with Crippen LogP contribution < -0.4 is 5.32 Å². The van der Waals surface area contributed by atoms with Gasteiger partial charge in [0.2, 0.25) is 0 Å². The number of aromatic nitrogens is 1. The van der Waals surface area contributed by atoms with Crippen molar-refractivity contribution >= 4 is 49.9 Å². The molecule has 0 atom stereocenters. The van der Waals surface area contributed by atoms with E-state index in [0.717, 1.165) is 38.4 Å². The van der Waals surface area contributed by atoms with E-state index in [-0.39, 0.29) is 5.91 Å². The van der Waals surface area contributed by atoms with E-state index in [4.69, 9.17) is 0 Å². The third kappa shape index (κ3) is 2.83.